The van der Waals surface area contributed by atoms with E-state index in [0.29, 0.717) is 5.69 Å². The summed E-state index contributed by atoms with van der Waals surface area (Å²) < 4.78 is 13.5. The van der Waals surface area contributed by atoms with E-state index < -0.39 is 5.67 Å². The molecule has 0 unspecified atom stereocenters. The molecule has 0 saturated heterocycles. The monoisotopic (exact) mass is 199 g/mol. The van der Waals surface area contributed by atoms with Gasteiger partial charge in [0, 0.05) is 4.90 Å². The number of nitrogens with zero attached hydrogens (tertiary/aromatic N) is 1. The number of aromatic nitrogens is 1. The summed E-state index contributed by atoms with van der Waals surface area (Å²) >= 11 is 1.63. The number of alkyl halides is 1. The minimum atomic E-state index is -1.35. The molecule has 0 aliphatic carbocycles. The van der Waals surface area contributed by atoms with Gasteiger partial charge >= 0.3 is 0 Å². The van der Waals surface area contributed by atoms with Gasteiger partial charge < -0.3 is 0 Å². The molecule has 1 nitrogen and oxygen atoms in total. The zero-order chi connectivity index (χ0) is 10.1. The summed E-state index contributed by atoms with van der Waals surface area (Å²) in [6, 6.07) is 3.67. The summed E-state index contributed by atoms with van der Waals surface area (Å²) in [5, 5.41) is 0. The van der Waals surface area contributed by atoms with E-state index in [2.05, 4.69) is 4.98 Å². The van der Waals surface area contributed by atoms with Crippen molar-refractivity contribution in [1.29, 1.82) is 0 Å². The Morgan fingerprint density at radius 1 is 1.38 bits per heavy atom. The quantitative estimate of drug-likeness (QED) is 0.678. The van der Waals surface area contributed by atoms with Gasteiger partial charge in [-0.1, -0.05) is 0 Å². The molecule has 0 aliphatic heterocycles. The van der Waals surface area contributed by atoms with Crippen LogP contribution in [0.25, 0.3) is 0 Å². The third kappa shape index (κ3) is 2.44. The third-order valence-corrected chi connectivity index (χ3v) is 2.74. The first-order chi connectivity index (χ1) is 5.95. The molecular weight excluding hydrogens is 185 g/mol. The van der Waals surface area contributed by atoms with Crippen molar-refractivity contribution in [2.75, 3.05) is 6.26 Å². The first-order valence-electron chi connectivity index (χ1n) is 4.16. The van der Waals surface area contributed by atoms with E-state index >= 15 is 0 Å². The highest BCUT2D eigenvalue weighted by molar-refractivity contribution is 7.98. The van der Waals surface area contributed by atoms with Crippen molar-refractivity contribution in [2.24, 2.45) is 0 Å². The number of halogens is 1. The Hall–Kier alpha value is -0.570. The van der Waals surface area contributed by atoms with Crippen molar-refractivity contribution in [1.82, 2.24) is 4.98 Å². The van der Waals surface area contributed by atoms with Crippen molar-refractivity contribution in [3.05, 3.63) is 23.5 Å². The standard InChI is InChI=1S/C10H14FNS/c1-7-8(13-4)5-6-9(12-7)10(2,3)11/h5-6H,1-4H3. The molecule has 3 heteroatoms. The highest BCUT2D eigenvalue weighted by Crippen LogP contribution is 2.26. The van der Waals surface area contributed by atoms with Crippen LogP contribution >= 0.6 is 11.8 Å². The fourth-order valence-corrected chi connectivity index (χ4v) is 1.64. The second-order valence-electron chi connectivity index (χ2n) is 3.46. The Labute approximate surface area is 82.8 Å². The highest BCUT2D eigenvalue weighted by atomic mass is 32.2. The molecule has 0 fully saturated rings. The Kier molecular flexibility index (Phi) is 2.96. The van der Waals surface area contributed by atoms with Crippen LogP contribution in [0.1, 0.15) is 25.2 Å². The number of thioether (sulfide) groups is 1. The summed E-state index contributed by atoms with van der Waals surface area (Å²) in [5.41, 5.74) is 0.0559. The number of aryl methyl sites for hydroxylation is 1. The maximum Gasteiger partial charge on any atom is 0.147 e. The van der Waals surface area contributed by atoms with Gasteiger partial charge in [-0.15, -0.1) is 11.8 Å². The summed E-state index contributed by atoms with van der Waals surface area (Å²) in [6.45, 7) is 4.95. The number of hydrogen-bond donors (Lipinski definition) is 0. The second kappa shape index (κ2) is 3.66. The Bertz CT molecular complexity index is 304. The molecule has 0 radical (unpaired) electrons. The van der Waals surface area contributed by atoms with E-state index in [1.807, 2.05) is 19.2 Å². The van der Waals surface area contributed by atoms with Crippen LogP contribution in [0.5, 0.6) is 0 Å². The lowest BCUT2D eigenvalue weighted by Gasteiger charge is -2.14. The maximum absolute atomic E-state index is 13.5. The topological polar surface area (TPSA) is 12.9 Å². The van der Waals surface area contributed by atoms with Crippen LogP contribution in [0.2, 0.25) is 0 Å². The predicted molar refractivity (Wildman–Crippen MR) is 54.9 cm³/mol. The van der Waals surface area contributed by atoms with Gasteiger partial charge in [-0.25, -0.2) is 4.39 Å². The van der Waals surface area contributed by atoms with Gasteiger partial charge in [0.05, 0.1) is 11.4 Å². The first kappa shape index (κ1) is 10.5. The SMILES string of the molecule is CSc1ccc(C(C)(C)F)nc1C. The molecule has 0 bridgehead atoms. The smallest absolute Gasteiger partial charge is 0.147 e. The molecule has 0 aliphatic rings. The average molecular weight is 199 g/mol. The van der Waals surface area contributed by atoms with Crippen molar-refractivity contribution in [3.8, 4) is 0 Å². The van der Waals surface area contributed by atoms with Gasteiger partial charge in [-0.3, -0.25) is 4.98 Å². The van der Waals surface area contributed by atoms with Gasteiger partial charge in [0.15, 0.2) is 0 Å². The van der Waals surface area contributed by atoms with Crippen LogP contribution in [0.15, 0.2) is 17.0 Å². The first-order valence-corrected chi connectivity index (χ1v) is 5.38. The summed E-state index contributed by atoms with van der Waals surface area (Å²) in [4.78, 5) is 5.32. The van der Waals surface area contributed by atoms with Gasteiger partial charge in [0.1, 0.15) is 5.67 Å². The third-order valence-electron chi connectivity index (χ3n) is 1.87. The number of rotatable bonds is 2. The van der Waals surface area contributed by atoms with Crippen LogP contribution in [-0.2, 0) is 5.67 Å². The molecule has 13 heavy (non-hydrogen) atoms. The summed E-state index contributed by atoms with van der Waals surface area (Å²) in [5.74, 6) is 0. The predicted octanol–water partition coefficient (Wildman–Crippen LogP) is 3.32. The van der Waals surface area contributed by atoms with E-state index in [-0.39, 0.29) is 0 Å². The van der Waals surface area contributed by atoms with Gasteiger partial charge in [-0.05, 0) is 39.2 Å². The molecule has 1 aromatic rings. The molecule has 1 aromatic heterocycles. The van der Waals surface area contributed by atoms with Crippen LogP contribution in [0, 0.1) is 6.92 Å². The van der Waals surface area contributed by atoms with E-state index in [0.717, 1.165) is 10.6 Å². The zero-order valence-corrected chi connectivity index (χ0v) is 9.20. The molecular formula is C10H14FNS. The van der Waals surface area contributed by atoms with Crippen LogP contribution in [-0.4, -0.2) is 11.2 Å². The van der Waals surface area contributed by atoms with Crippen LogP contribution in [0.3, 0.4) is 0 Å². The molecule has 0 N–H and O–H groups in total. The largest absolute Gasteiger partial charge is 0.254 e. The van der Waals surface area contributed by atoms with Crippen molar-refractivity contribution < 1.29 is 4.39 Å². The molecule has 0 spiro atoms. The van der Waals surface area contributed by atoms with Crippen LogP contribution in [0.4, 0.5) is 4.39 Å². The molecule has 1 rings (SSSR count). The summed E-state index contributed by atoms with van der Waals surface area (Å²) in [6.07, 6.45) is 1.99. The number of pyridine rings is 1. The van der Waals surface area contributed by atoms with E-state index in [4.69, 9.17) is 0 Å². The van der Waals surface area contributed by atoms with Crippen LogP contribution < -0.4 is 0 Å². The minimum Gasteiger partial charge on any atom is -0.254 e. The van der Waals surface area contributed by atoms with Gasteiger partial charge in [-0.2, -0.15) is 0 Å². The highest BCUT2D eigenvalue weighted by Gasteiger charge is 2.20. The summed E-state index contributed by atoms with van der Waals surface area (Å²) in [7, 11) is 0. The maximum atomic E-state index is 13.5. The fourth-order valence-electron chi connectivity index (χ4n) is 1.10. The lowest BCUT2D eigenvalue weighted by atomic mass is 10.1. The van der Waals surface area contributed by atoms with Gasteiger partial charge in [0.25, 0.3) is 0 Å². The molecule has 1 heterocycles. The lowest BCUT2D eigenvalue weighted by molar-refractivity contribution is 0.214. The van der Waals surface area contributed by atoms with Gasteiger partial charge in [0.2, 0.25) is 0 Å². The normalized spacial score (nSPS) is 11.8. The minimum absolute atomic E-state index is 0.503. The lowest BCUT2D eigenvalue weighted by Crippen LogP contribution is -2.12. The molecule has 0 saturated carbocycles. The Morgan fingerprint density at radius 3 is 2.38 bits per heavy atom. The Morgan fingerprint density at radius 2 is 2.00 bits per heavy atom. The number of hydrogen-bond acceptors (Lipinski definition) is 2. The van der Waals surface area contributed by atoms with E-state index in [1.165, 1.54) is 13.8 Å². The Balaban J connectivity index is 3.10. The molecule has 0 amide bonds. The molecule has 0 atom stereocenters. The van der Waals surface area contributed by atoms with E-state index in [9.17, 15) is 4.39 Å². The van der Waals surface area contributed by atoms with E-state index in [1.54, 1.807) is 17.8 Å². The molecule has 72 valence electrons. The fraction of sp³-hybridized carbons (Fsp3) is 0.500. The van der Waals surface area contributed by atoms with Crippen molar-refractivity contribution >= 4 is 11.8 Å². The van der Waals surface area contributed by atoms with Crippen molar-refractivity contribution in [2.45, 2.75) is 31.3 Å². The second-order valence-corrected chi connectivity index (χ2v) is 4.30. The molecule has 0 aromatic carbocycles. The average Bonchev–Trinajstić information content (AvgIpc) is 2.02. The zero-order valence-electron chi connectivity index (χ0n) is 8.39. The van der Waals surface area contributed by atoms with Crippen molar-refractivity contribution in [3.63, 3.8) is 0 Å².